The Kier molecular flexibility index (Phi) is 5.35. The van der Waals surface area contributed by atoms with E-state index in [0.29, 0.717) is 31.2 Å². The predicted molar refractivity (Wildman–Crippen MR) is 133 cm³/mol. The average molecular weight is 513 g/mol. The third-order valence-electron chi connectivity index (χ3n) is 11.2. The Hall–Kier alpha value is -1.93. The number of fused-ring (bicyclic) bond motifs is 6. The molecule has 200 valence electrons. The van der Waals surface area contributed by atoms with E-state index in [1.54, 1.807) is 18.2 Å². The SMILES string of the molecule is Cc1ccccc1C1(O)OCC(=O)[C@@]2(O1)[C@H](C)C[C@H]1[C@@H]3CCC4=CC(=O)CC[C@]4(C)[C@@]3(F)[C@@H](O)C[C@@]12C. The van der Waals surface area contributed by atoms with Gasteiger partial charge >= 0.3 is 5.97 Å². The number of ketones is 2. The quantitative estimate of drug-likeness (QED) is 0.583. The first kappa shape index (κ1) is 25.4. The van der Waals surface area contributed by atoms with Gasteiger partial charge in [-0.2, -0.15) is 0 Å². The Morgan fingerprint density at radius 2 is 1.84 bits per heavy atom. The number of alkyl halides is 1. The zero-order valence-corrected chi connectivity index (χ0v) is 22.1. The van der Waals surface area contributed by atoms with Crippen LogP contribution >= 0.6 is 0 Å². The first-order valence-electron chi connectivity index (χ1n) is 13.6. The van der Waals surface area contributed by atoms with E-state index >= 15 is 4.39 Å². The number of hydrogen-bond donors (Lipinski definition) is 2. The van der Waals surface area contributed by atoms with Gasteiger partial charge in [0.25, 0.3) is 0 Å². The number of Topliss-reactive ketones (excluding diaryl/α,β-unsaturated/α-hetero) is 1. The third kappa shape index (κ3) is 2.95. The molecule has 4 aliphatic carbocycles. The van der Waals surface area contributed by atoms with Gasteiger partial charge < -0.3 is 19.7 Å². The fourth-order valence-electron chi connectivity index (χ4n) is 9.34. The molecule has 7 heteroatoms. The summed E-state index contributed by atoms with van der Waals surface area (Å²) in [6.45, 7) is 7.25. The van der Waals surface area contributed by atoms with Crippen LogP contribution in [0.4, 0.5) is 4.39 Å². The van der Waals surface area contributed by atoms with Gasteiger partial charge in [-0.15, -0.1) is 0 Å². The highest BCUT2D eigenvalue weighted by atomic mass is 19.1. The number of rotatable bonds is 1. The van der Waals surface area contributed by atoms with Gasteiger partial charge in [-0.3, -0.25) is 9.59 Å². The number of carbonyl (C=O) groups is 2. The van der Waals surface area contributed by atoms with Crippen molar-refractivity contribution in [3.63, 3.8) is 0 Å². The van der Waals surface area contributed by atoms with Crippen LogP contribution < -0.4 is 0 Å². The number of hydrogen-bond acceptors (Lipinski definition) is 6. The molecule has 9 atom stereocenters. The number of carbonyl (C=O) groups excluding carboxylic acids is 2. The lowest BCUT2D eigenvalue weighted by Gasteiger charge is -2.64. The zero-order valence-electron chi connectivity index (χ0n) is 22.1. The lowest BCUT2D eigenvalue weighted by Crippen LogP contribution is -2.72. The molecule has 0 amide bonds. The number of aryl methyl sites for hydroxylation is 1. The second-order valence-corrected chi connectivity index (χ2v) is 12.7. The molecule has 1 aromatic carbocycles. The van der Waals surface area contributed by atoms with Crippen molar-refractivity contribution >= 4 is 11.6 Å². The van der Waals surface area contributed by atoms with Crippen molar-refractivity contribution in [1.29, 1.82) is 0 Å². The largest absolute Gasteiger partial charge is 0.390 e. The summed E-state index contributed by atoms with van der Waals surface area (Å²) in [4.78, 5) is 26.0. The van der Waals surface area contributed by atoms with Crippen molar-refractivity contribution in [3.05, 3.63) is 47.0 Å². The van der Waals surface area contributed by atoms with Gasteiger partial charge in [0.2, 0.25) is 0 Å². The van der Waals surface area contributed by atoms with E-state index in [9.17, 15) is 19.8 Å². The standard InChI is InChI=1S/C30H37FO6/c1-17-7-5-6-8-21(17)30(35)36-16-25(34)29(37-30)18(2)13-23-22-10-9-19-14-20(32)11-12-26(19,3)28(22,31)24(33)15-27(23,29)4/h5-8,14,18,22-24,33,35H,9-13,15-16H2,1-4H3/t18-,22+,23+,24+,26+,27+,28+,29+,30?/m1/s1. The first-order chi connectivity index (χ1) is 17.3. The molecule has 1 aromatic rings. The molecule has 5 aliphatic rings. The minimum atomic E-state index is -2.13. The topological polar surface area (TPSA) is 93.1 Å². The maximum absolute atomic E-state index is 17.5. The summed E-state index contributed by atoms with van der Waals surface area (Å²) < 4.78 is 29.7. The maximum atomic E-state index is 17.5. The lowest BCUT2D eigenvalue weighted by molar-refractivity contribution is -0.433. The molecule has 6 nitrogen and oxygen atoms in total. The van der Waals surface area contributed by atoms with Gasteiger partial charge in [0, 0.05) is 28.7 Å². The smallest absolute Gasteiger partial charge is 0.311 e. The Morgan fingerprint density at radius 3 is 2.57 bits per heavy atom. The van der Waals surface area contributed by atoms with Crippen LogP contribution in [0, 0.1) is 35.5 Å². The van der Waals surface area contributed by atoms with Crippen molar-refractivity contribution in [1.82, 2.24) is 0 Å². The van der Waals surface area contributed by atoms with Crippen LogP contribution in [0.3, 0.4) is 0 Å². The minimum absolute atomic E-state index is 0.0230. The average Bonchev–Trinajstić information content (AvgIpc) is 3.05. The lowest BCUT2D eigenvalue weighted by atomic mass is 9.43. The van der Waals surface area contributed by atoms with Crippen molar-refractivity contribution in [2.45, 2.75) is 89.6 Å². The van der Waals surface area contributed by atoms with Crippen molar-refractivity contribution in [2.75, 3.05) is 6.61 Å². The van der Waals surface area contributed by atoms with Crippen LogP contribution in [-0.4, -0.2) is 45.8 Å². The highest BCUT2D eigenvalue weighted by Crippen LogP contribution is 2.72. The molecular formula is C30H37FO6. The summed E-state index contributed by atoms with van der Waals surface area (Å²) in [7, 11) is 0. The maximum Gasteiger partial charge on any atom is 0.311 e. The predicted octanol–water partition coefficient (Wildman–Crippen LogP) is 4.29. The second kappa shape index (κ2) is 7.81. The summed E-state index contributed by atoms with van der Waals surface area (Å²) in [5, 5.41) is 23.4. The fourth-order valence-corrected chi connectivity index (χ4v) is 9.34. The highest BCUT2D eigenvalue weighted by molar-refractivity contribution is 5.92. The highest BCUT2D eigenvalue weighted by Gasteiger charge is 2.78. The molecule has 1 spiro atoms. The van der Waals surface area contributed by atoms with Crippen molar-refractivity contribution < 1.29 is 33.7 Å². The molecule has 0 radical (unpaired) electrons. The third-order valence-corrected chi connectivity index (χ3v) is 11.2. The second-order valence-electron chi connectivity index (χ2n) is 12.7. The summed E-state index contributed by atoms with van der Waals surface area (Å²) in [6, 6.07) is 7.20. The number of ether oxygens (including phenoxy) is 2. The monoisotopic (exact) mass is 512 g/mol. The zero-order chi connectivity index (χ0) is 26.6. The van der Waals surface area contributed by atoms with E-state index in [1.165, 1.54) is 0 Å². The van der Waals surface area contributed by atoms with Gasteiger partial charge in [0.1, 0.15) is 17.9 Å². The number of allylic oxidation sites excluding steroid dienone is 1. The number of halogens is 1. The molecule has 0 aromatic heterocycles. The molecule has 4 fully saturated rings. The Balaban J connectivity index is 1.45. The van der Waals surface area contributed by atoms with E-state index in [0.717, 1.165) is 11.1 Å². The summed E-state index contributed by atoms with van der Waals surface area (Å²) in [6.07, 6.45) is 2.59. The molecule has 0 bridgehead atoms. The van der Waals surface area contributed by atoms with Crippen LogP contribution in [0.2, 0.25) is 0 Å². The fraction of sp³-hybridized carbons (Fsp3) is 0.667. The normalized spacial score (nSPS) is 49.3. The van der Waals surface area contributed by atoms with Crippen molar-refractivity contribution in [2.24, 2.45) is 28.6 Å². The summed E-state index contributed by atoms with van der Waals surface area (Å²) in [5.41, 5.74) is -3.18. The first-order valence-corrected chi connectivity index (χ1v) is 13.6. The molecule has 1 saturated heterocycles. The van der Waals surface area contributed by atoms with E-state index in [2.05, 4.69) is 0 Å². The van der Waals surface area contributed by atoms with E-state index in [-0.39, 0.29) is 42.9 Å². The van der Waals surface area contributed by atoms with Gasteiger partial charge in [-0.25, -0.2) is 4.39 Å². The molecule has 3 saturated carbocycles. The molecule has 37 heavy (non-hydrogen) atoms. The Bertz CT molecular complexity index is 1210. The molecule has 2 N–H and O–H groups in total. The van der Waals surface area contributed by atoms with Gasteiger partial charge in [-0.1, -0.05) is 50.6 Å². The molecule has 1 heterocycles. The molecule has 6 rings (SSSR count). The van der Waals surface area contributed by atoms with E-state index < -0.39 is 40.1 Å². The Labute approximate surface area is 217 Å². The van der Waals surface area contributed by atoms with Crippen LogP contribution in [-0.2, 0) is 25.0 Å². The van der Waals surface area contributed by atoms with Crippen LogP contribution in [0.1, 0.15) is 70.4 Å². The molecular weight excluding hydrogens is 475 g/mol. The number of aliphatic hydroxyl groups is 2. The number of aliphatic hydroxyl groups excluding tert-OH is 1. The Morgan fingerprint density at radius 1 is 1.11 bits per heavy atom. The van der Waals surface area contributed by atoms with Crippen molar-refractivity contribution in [3.8, 4) is 0 Å². The van der Waals surface area contributed by atoms with Crippen LogP contribution in [0.5, 0.6) is 0 Å². The molecule has 1 aliphatic heterocycles. The van der Waals surface area contributed by atoms with Gasteiger partial charge in [0.05, 0.1) is 6.10 Å². The van der Waals surface area contributed by atoms with E-state index in [1.807, 2.05) is 39.8 Å². The van der Waals surface area contributed by atoms with Crippen LogP contribution in [0.15, 0.2) is 35.9 Å². The van der Waals surface area contributed by atoms with Gasteiger partial charge in [0.15, 0.2) is 11.6 Å². The molecule has 1 unspecified atom stereocenters. The van der Waals surface area contributed by atoms with Crippen LogP contribution in [0.25, 0.3) is 0 Å². The summed E-state index contributed by atoms with van der Waals surface area (Å²) in [5.74, 6) is -3.43. The minimum Gasteiger partial charge on any atom is -0.390 e. The van der Waals surface area contributed by atoms with Gasteiger partial charge in [-0.05, 0) is 62.5 Å². The van der Waals surface area contributed by atoms with E-state index in [4.69, 9.17) is 9.47 Å². The summed E-state index contributed by atoms with van der Waals surface area (Å²) >= 11 is 0. The number of benzene rings is 1.